The summed E-state index contributed by atoms with van der Waals surface area (Å²) in [6, 6.07) is 13.3. The molecule has 1 amide bonds. The van der Waals surface area contributed by atoms with Crippen LogP contribution in [0.15, 0.2) is 53.2 Å². The third-order valence-electron chi connectivity index (χ3n) is 5.80. The normalized spacial score (nSPS) is 18.5. The maximum atomic E-state index is 13.0. The Hall–Kier alpha value is -3.19. The quantitative estimate of drug-likeness (QED) is 0.634. The van der Waals surface area contributed by atoms with Crippen LogP contribution in [0.25, 0.3) is 11.3 Å². The zero-order chi connectivity index (χ0) is 22.0. The minimum atomic E-state index is -0.685. The lowest BCUT2D eigenvalue weighted by atomic mass is 9.99. The number of carbonyl (C=O) groups is 2. The van der Waals surface area contributed by atoms with Crippen LogP contribution in [-0.4, -0.2) is 50.1 Å². The van der Waals surface area contributed by atoms with Crippen molar-refractivity contribution >= 4 is 11.7 Å². The van der Waals surface area contributed by atoms with Crippen molar-refractivity contribution in [3.63, 3.8) is 0 Å². The second kappa shape index (κ2) is 8.89. The van der Waals surface area contributed by atoms with Crippen molar-refractivity contribution in [2.24, 2.45) is 7.05 Å². The predicted molar refractivity (Wildman–Crippen MR) is 115 cm³/mol. The Kier molecular flexibility index (Phi) is 6.04. The summed E-state index contributed by atoms with van der Waals surface area (Å²) < 4.78 is 7.19. The average Bonchev–Trinajstić information content (AvgIpc) is 3.46. The number of nitrogens with zero attached hydrogens (tertiary/aromatic N) is 3. The van der Waals surface area contributed by atoms with Gasteiger partial charge in [0.2, 0.25) is 5.91 Å². The van der Waals surface area contributed by atoms with Gasteiger partial charge in [0.05, 0.1) is 24.3 Å². The highest BCUT2D eigenvalue weighted by atomic mass is 16.5. The first kappa shape index (κ1) is 21.1. The second-order valence-corrected chi connectivity index (χ2v) is 8.23. The van der Waals surface area contributed by atoms with E-state index in [2.05, 4.69) is 27.9 Å². The highest BCUT2D eigenvalue weighted by Crippen LogP contribution is 2.24. The number of aromatic nitrogens is 2. The van der Waals surface area contributed by atoms with Crippen molar-refractivity contribution in [1.29, 1.82) is 0 Å². The van der Waals surface area contributed by atoms with Crippen LogP contribution in [-0.2, 0) is 29.5 Å². The summed E-state index contributed by atoms with van der Waals surface area (Å²) in [5.41, 5.74) is 3.99. The van der Waals surface area contributed by atoms with Crippen LogP contribution in [0.1, 0.15) is 29.9 Å². The first-order valence-electron chi connectivity index (χ1n) is 10.5. The second-order valence-electron chi connectivity index (χ2n) is 8.23. The SMILES string of the molecule is Cc1cc(CC(=O)N2C[C@H](O)C[C@H]2C(=O)CCc2cccc(-c3cccn3C)c2)on1. The third-order valence-corrected chi connectivity index (χ3v) is 5.80. The lowest BCUT2D eigenvalue weighted by molar-refractivity contribution is -0.137. The monoisotopic (exact) mass is 421 g/mol. The Morgan fingerprint density at radius 3 is 2.77 bits per heavy atom. The number of hydrogen-bond donors (Lipinski definition) is 1. The van der Waals surface area contributed by atoms with E-state index < -0.39 is 12.1 Å². The standard InChI is InChI=1S/C24H27N3O4/c1-16-11-20(31-25-16)14-24(30)27-15-19(28)13-22(27)23(29)9-8-17-5-3-6-18(12-17)21-7-4-10-26(21)2/h3-7,10-12,19,22,28H,8-9,13-15H2,1-2H3/t19-,22+/m1/s1. The lowest BCUT2D eigenvalue weighted by Crippen LogP contribution is -2.41. The maximum absolute atomic E-state index is 13.0. The van der Waals surface area contributed by atoms with Crippen LogP contribution in [0.4, 0.5) is 0 Å². The fraction of sp³-hybridized carbons (Fsp3) is 0.375. The molecular formula is C24H27N3O4. The summed E-state index contributed by atoms with van der Waals surface area (Å²) >= 11 is 0. The third kappa shape index (κ3) is 4.77. The van der Waals surface area contributed by atoms with E-state index in [1.165, 1.54) is 4.90 Å². The molecule has 7 heteroatoms. The molecule has 3 aromatic rings. The van der Waals surface area contributed by atoms with Crippen LogP contribution in [0.3, 0.4) is 0 Å². The molecule has 0 radical (unpaired) electrons. The maximum Gasteiger partial charge on any atom is 0.231 e. The van der Waals surface area contributed by atoms with Crippen molar-refractivity contribution in [3.8, 4) is 11.3 Å². The van der Waals surface area contributed by atoms with E-state index >= 15 is 0 Å². The summed E-state index contributed by atoms with van der Waals surface area (Å²) in [5, 5.41) is 13.9. The van der Waals surface area contributed by atoms with Gasteiger partial charge in [0.1, 0.15) is 5.76 Å². The molecule has 1 aliphatic heterocycles. The first-order chi connectivity index (χ1) is 14.9. The van der Waals surface area contributed by atoms with Crippen molar-refractivity contribution < 1.29 is 19.2 Å². The average molecular weight is 421 g/mol. The van der Waals surface area contributed by atoms with Gasteiger partial charge in [-0.3, -0.25) is 9.59 Å². The molecule has 2 atom stereocenters. The molecule has 4 rings (SSSR count). The summed E-state index contributed by atoms with van der Waals surface area (Å²) in [6.07, 6.45) is 2.55. The van der Waals surface area contributed by atoms with E-state index in [4.69, 9.17) is 4.52 Å². The van der Waals surface area contributed by atoms with Crippen molar-refractivity contribution in [3.05, 3.63) is 65.7 Å². The molecule has 0 aliphatic carbocycles. The van der Waals surface area contributed by atoms with Crippen molar-refractivity contribution in [2.45, 2.75) is 44.8 Å². The van der Waals surface area contributed by atoms with Gasteiger partial charge in [-0.2, -0.15) is 0 Å². The van der Waals surface area contributed by atoms with Gasteiger partial charge in [0.15, 0.2) is 5.78 Å². The molecule has 7 nitrogen and oxygen atoms in total. The van der Waals surface area contributed by atoms with Crippen LogP contribution in [0.5, 0.6) is 0 Å². The fourth-order valence-electron chi connectivity index (χ4n) is 4.23. The molecule has 2 aromatic heterocycles. The fourth-order valence-corrected chi connectivity index (χ4v) is 4.23. The molecule has 0 unspecified atom stereocenters. The van der Waals surface area contributed by atoms with E-state index in [1.54, 1.807) is 13.0 Å². The number of aliphatic hydroxyl groups excluding tert-OH is 1. The van der Waals surface area contributed by atoms with E-state index in [0.717, 1.165) is 16.8 Å². The number of β-amino-alcohol motifs (C(OH)–C–C–N with tert-alkyl or cyclic N) is 1. The Bertz CT molecular complexity index is 1080. The van der Waals surface area contributed by atoms with Gasteiger partial charge in [-0.05, 0) is 42.7 Å². The van der Waals surface area contributed by atoms with E-state index in [1.807, 2.05) is 31.4 Å². The minimum Gasteiger partial charge on any atom is -0.391 e. The molecule has 1 aliphatic rings. The van der Waals surface area contributed by atoms with Crippen LogP contribution in [0.2, 0.25) is 0 Å². The lowest BCUT2D eigenvalue weighted by Gasteiger charge is -2.23. The molecule has 3 heterocycles. The molecule has 1 fully saturated rings. The topological polar surface area (TPSA) is 88.6 Å². The molecule has 1 N–H and O–H groups in total. The van der Waals surface area contributed by atoms with Gasteiger partial charge < -0.3 is 19.1 Å². The van der Waals surface area contributed by atoms with Gasteiger partial charge in [-0.1, -0.05) is 23.4 Å². The Labute approximate surface area is 181 Å². The molecule has 162 valence electrons. The molecule has 0 spiro atoms. The van der Waals surface area contributed by atoms with E-state index in [-0.39, 0.29) is 31.1 Å². The molecule has 0 bridgehead atoms. The van der Waals surface area contributed by atoms with Crippen LogP contribution >= 0.6 is 0 Å². The molecule has 1 saturated heterocycles. The molecule has 1 aromatic carbocycles. The van der Waals surface area contributed by atoms with E-state index in [0.29, 0.717) is 24.3 Å². The van der Waals surface area contributed by atoms with Gasteiger partial charge in [0.25, 0.3) is 0 Å². The Balaban J connectivity index is 1.40. The van der Waals surface area contributed by atoms with Gasteiger partial charge in [0, 0.05) is 44.4 Å². The number of likely N-dealkylation sites (tertiary alicyclic amines) is 1. The summed E-state index contributed by atoms with van der Waals surface area (Å²) in [5.74, 6) is 0.215. The number of aliphatic hydroxyl groups is 1. The number of aryl methyl sites for hydroxylation is 3. The first-order valence-corrected chi connectivity index (χ1v) is 10.5. The number of ketones is 1. The number of rotatable bonds is 7. The number of hydrogen-bond acceptors (Lipinski definition) is 5. The molecular weight excluding hydrogens is 394 g/mol. The van der Waals surface area contributed by atoms with Crippen LogP contribution < -0.4 is 0 Å². The minimum absolute atomic E-state index is 0.0251. The number of amides is 1. The zero-order valence-corrected chi connectivity index (χ0v) is 17.8. The molecule has 31 heavy (non-hydrogen) atoms. The Morgan fingerprint density at radius 2 is 2.06 bits per heavy atom. The van der Waals surface area contributed by atoms with Gasteiger partial charge in [-0.15, -0.1) is 0 Å². The highest BCUT2D eigenvalue weighted by molar-refractivity contribution is 5.90. The largest absolute Gasteiger partial charge is 0.391 e. The summed E-state index contributed by atoms with van der Waals surface area (Å²) in [6.45, 7) is 1.96. The number of Topliss-reactive ketones (excluding diaryl/α,β-unsaturated/α-hetero) is 1. The summed E-state index contributed by atoms with van der Waals surface area (Å²) in [7, 11) is 2.00. The van der Waals surface area contributed by atoms with Crippen LogP contribution in [0, 0.1) is 6.92 Å². The van der Waals surface area contributed by atoms with Gasteiger partial charge >= 0.3 is 0 Å². The smallest absolute Gasteiger partial charge is 0.231 e. The predicted octanol–water partition coefficient (Wildman–Crippen LogP) is 2.69. The number of benzene rings is 1. The van der Waals surface area contributed by atoms with Crippen molar-refractivity contribution in [2.75, 3.05) is 6.54 Å². The molecule has 0 saturated carbocycles. The zero-order valence-electron chi connectivity index (χ0n) is 17.8. The highest BCUT2D eigenvalue weighted by Gasteiger charge is 2.38. The van der Waals surface area contributed by atoms with E-state index in [9.17, 15) is 14.7 Å². The van der Waals surface area contributed by atoms with Gasteiger partial charge in [-0.25, -0.2) is 0 Å². The number of carbonyl (C=O) groups excluding carboxylic acids is 2. The summed E-state index contributed by atoms with van der Waals surface area (Å²) in [4.78, 5) is 27.2. The van der Waals surface area contributed by atoms with Crippen molar-refractivity contribution in [1.82, 2.24) is 14.6 Å². The Morgan fingerprint density at radius 1 is 1.23 bits per heavy atom.